The maximum Gasteiger partial charge on any atom is 0.227 e. The summed E-state index contributed by atoms with van der Waals surface area (Å²) in [6.07, 6.45) is 2.04. The van der Waals surface area contributed by atoms with E-state index in [4.69, 9.17) is 0 Å². The number of nitrogens with zero attached hydrogens (tertiary/aromatic N) is 1. The predicted octanol–water partition coefficient (Wildman–Crippen LogP) is 5.52. The summed E-state index contributed by atoms with van der Waals surface area (Å²) in [7, 11) is 0. The lowest BCUT2D eigenvalue weighted by Crippen LogP contribution is -2.29. The first kappa shape index (κ1) is 18.0. The van der Waals surface area contributed by atoms with E-state index in [1.54, 1.807) is 0 Å². The first-order valence-electron chi connectivity index (χ1n) is 8.95. The second kappa shape index (κ2) is 6.64. The first-order chi connectivity index (χ1) is 12.3. The van der Waals surface area contributed by atoms with Crippen LogP contribution >= 0.6 is 27.3 Å². The molecular formula is C20H22BrFN2OS. The van der Waals surface area contributed by atoms with Crippen LogP contribution < -0.4 is 10.2 Å². The number of hydrogen-bond acceptors (Lipinski definition) is 3. The van der Waals surface area contributed by atoms with E-state index in [-0.39, 0.29) is 12.3 Å². The van der Waals surface area contributed by atoms with Crippen LogP contribution in [0.4, 0.5) is 15.8 Å². The van der Waals surface area contributed by atoms with E-state index >= 15 is 0 Å². The minimum absolute atomic E-state index is 0.0322. The van der Waals surface area contributed by atoms with Crippen molar-refractivity contribution in [3.8, 4) is 0 Å². The number of rotatable bonds is 4. The summed E-state index contributed by atoms with van der Waals surface area (Å²) in [5.41, 5.74) is 4.17. The maximum atomic E-state index is 13.8. The number of anilines is 2. The Kier molecular flexibility index (Phi) is 4.59. The highest BCUT2D eigenvalue weighted by atomic mass is 79.9. The number of amides is 1. The molecule has 0 saturated heterocycles. The number of hydrogen-bond donors (Lipinski definition) is 1. The molecule has 26 heavy (non-hydrogen) atoms. The van der Waals surface area contributed by atoms with E-state index in [9.17, 15) is 9.18 Å². The Balaban J connectivity index is 1.51. The summed E-state index contributed by atoms with van der Waals surface area (Å²) < 4.78 is 15.0. The maximum absolute atomic E-state index is 13.8. The molecule has 1 aromatic carbocycles. The average Bonchev–Trinajstić information content (AvgIpc) is 3.16. The number of benzene rings is 1. The third-order valence-corrected chi connectivity index (χ3v) is 6.99. The third-order valence-electron chi connectivity index (χ3n) is 5.25. The van der Waals surface area contributed by atoms with Gasteiger partial charge in [0.1, 0.15) is 5.67 Å². The van der Waals surface area contributed by atoms with Crippen molar-refractivity contribution in [1.29, 1.82) is 0 Å². The number of nitrogens with one attached hydrogen (secondary N) is 1. The molecule has 2 heterocycles. The minimum atomic E-state index is -1.26. The Morgan fingerprint density at radius 3 is 2.65 bits per heavy atom. The van der Waals surface area contributed by atoms with E-state index in [1.807, 2.05) is 25.2 Å². The van der Waals surface area contributed by atoms with Gasteiger partial charge in [0, 0.05) is 29.3 Å². The van der Waals surface area contributed by atoms with Crippen molar-refractivity contribution in [3.05, 3.63) is 43.6 Å². The molecule has 4 rings (SSSR count). The normalized spacial score (nSPS) is 17.8. The average molecular weight is 437 g/mol. The Hall–Kier alpha value is -1.40. The Morgan fingerprint density at radius 1 is 1.31 bits per heavy atom. The molecule has 1 saturated carbocycles. The van der Waals surface area contributed by atoms with Gasteiger partial charge in [-0.2, -0.15) is 0 Å². The number of halogens is 2. The van der Waals surface area contributed by atoms with Crippen LogP contribution in [0.1, 0.15) is 40.8 Å². The Bertz CT molecular complexity index is 852. The monoisotopic (exact) mass is 436 g/mol. The zero-order valence-electron chi connectivity index (χ0n) is 15.0. The van der Waals surface area contributed by atoms with E-state index in [0.29, 0.717) is 12.8 Å². The van der Waals surface area contributed by atoms with Crippen LogP contribution in [0.25, 0.3) is 0 Å². The molecule has 2 aliphatic rings. The molecule has 3 nitrogen and oxygen atoms in total. The van der Waals surface area contributed by atoms with Gasteiger partial charge in [-0.05, 0) is 83.9 Å². The van der Waals surface area contributed by atoms with Gasteiger partial charge >= 0.3 is 0 Å². The van der Waals surface area contributed by atoms with Crippen molar-refractivity contribution >= 4 is 44.5 Å². The molecule has 0 bridgehead atoms. The molecule has 1 aromatic heterocycles. The second-order valence-corrected chi connectivity index (χ2v) is 10.0. The zero-order valence-corrected chi connectivity index (χ0v) is 17.4. The highest BCUT2D eigenvalue weighted by Gasteiger charge is 2.44. The van der Waals surface area contributed by atoms with Crippen molar-refractivity contribution in [2.24, 2.45) is 0 Å². The lowest BCUT2D eigenvalue weighted by molar-refractivity contribution is -0.117. The summed E-state index contributed by atoms with van der Waals surface area (Å²) in [6, 6.07) is 6.46. The fraction of sp³-hybridized carbons (Fsp3) is 0.450. The predicted molar refractivity (Wildman–Crippen MR) is 109 cm³/mol. The van der Waals surface area contributed by atoms with Crippen molar-refractivity contribution < 1.29 is 9.18 Å². The van der Waals surface area contributed by atoms with Gasteiger partial charge in [-0.1, -0.05) is 0 Å². The van der Waals surface area contributed by atoms with Crippen molar-refractivity contribution in [3.63, 3.8) is 0 Å². The fourth-order valence-electron chi connectivity index (χ4n) is 3.62. The Morgan fingerprint density at radius 2 is 2.00 bits per heavy atom. The van der Waals surface area contributed by atoms with Crippen LogP contribution in [0.3, 0.4) is 0 Å². The quantitative estimate of drug-likeness (QED) is 0.683. The van der Waals surface area contributed by atoms with Crippen LogP contribution in [-0.2, 0) is 17.8 Å². The van der Waals surface area contributed by atoms with Crippen molar-refractivity contribution in [2.45, 2.75) is 51.7 Å². The summed E-state index contributed by atoms with van der Waals surface area (Å²) in [4.78, 5) is 16.0. The minimum Gasteiger partial charge on any atom is -0.367 e. The molecule has 0 radical (unpaired) electrons. The molecule has 1 aliphatic carbocycles. The Labute approximate surface area is 165 Å². The largest absolute Gasteiger partial charge is 0.367 e. The van der Waals surface area contributed by atoms with Gasteiger partial charge in [0.2, 0.25) is 5.91 Å². The standard InChI is InChI=1S/C20H22BrFN2OS/c1-12-7-15(24-6-3-16-14(11-24)9-17(21)26-16)8-13(2)19(12)23-18(25)10-20(22)4-5-20/h7-9H,3-6,10-11H2,1-2H3,(H,23,25). The molecule has 138 valence electrons. The summed E-state index contributed by atoms with van der Waals surface area (Å²) in [5, 5.41) is 2.92. The van der Waals surface area contributed by atoms with Crippen LogP contribution in [0.15, 0.2) is 22.0 Å². The molecule has 0 atom stereocenters. The first-order valence-corrected chi connectivity index (χ1v) is 10.6. The van der Waals surface area contributed by atoms with Crippen molar-refractivity contribution in [2.75, 3.05) is 16.8 Å². The van der Waals surface area contributed by atoms with Gasteiger partial charge < -0.3 is 10.2 Å². The number of thiophene rings is 1. The molecule has 6 heteroatoms. The molecular weight excluding hydrogens is 415 g/mol. The van der Waals surface area contributed by atoms with Crippen molar-refractivity contribution in [1.82, 2.24) is 0 Å². The van der Waals surface area contributed by atoms with Crippen LogP contribution in [-0.4, -0.2) is 18.1 Å². The van der Waals surface area contributed by atoms with Crippen LogP contribution in [0.5, 0.6) is 0 Å². The van der Waals surface area contributed by atoms with E-state index in [1.165, 1.54) is 19.9 Å². The highest BCUT2D eigenvalue weighted by molar-refractivity contribution is 9.11. The molecule has 2 aromatic rings. The summed E-state index contributed by atoms with van der Waals surface area (Å²) >= 11 is 5.41. The van der Waals surface area contributed by atoms with E-state index < -0.39 is 5.67 Å². The lowest BCUT2D eigenvalue weighted by Gasteiger charge is -2.30. The van der Waals surface area contributed by atoms with Gasteiger partial charge in [0.25, 0.3) is 0 Å². The van der Waals surface area contributed by atoms with Crippen LogP contribution in [0.2, 0.25) is 0 Å². The number of alkyl halides is 1. The molecule has 0 spiro atoms. The number of aryl methyl sites for hydroxylation is 2. The van der Waals surface area contributed by atoms with Gasteiger partial charge in [-0.3, -0.25) is 4.79 Å². The SMILES string of the molecule is Cc1cc(N2CCc3sc(Br)cc3C2)cc(C)c1NC(=O)CC1(F)CC1. The second-order valence-electron chi connectivity index (χ2n) is 7.50. The van der Waals surface area contributed by atoms with E-state index in [0.717, 1.165) is 36.3 Å². The summed E-state index contributed by atoms with van der Waals surface area (Å²) in [5.74, 6) is -0.227. The fourth-order valence-corrected chi connectivity index (χ4v) is 5.37. The number of fused-ring (bicyclic) bond motifs is 1. The summed E-state index contributed by atoms with van der Waals surface area (Å²) in [6.45, 7) is 5.91. The number of carbonyl (C=O) groups excluding carboxylic acids is 1. The topological polar surface area (TPSA) is 32.3 Å². The van der Waals surface area contributed by atoms with Gasteiger partial charge in [0.05, 0.1) is 10.2 Å². The smallest absolute Gasteiger partial charge is 0.227 e. The van der Waals surface area contributed by atoms with Gasteiger partial charge in [-0.15, -0.1) is 11.3 Å². The number of carbonyl (C=O) groups is 1. The molecule has 1 aliphatic heterocycles. The lowest BCUT2D eigenvalue weighted by atomic mass is 10.0. The zero-order chi connectivity index (χ0) is 18.5. The molecule has 1 amide bonds. The highest BCUT2D eigenvalue weighted by Crippen LogP contribution is 2.43. The molecule has 0 unspecified atom stereocenters. The third kappa shape index (κ3) is 3.67. The van der Waals surface area contributed by atoms with Crippen LogP contribution in [0, 0.1) is 13.8 Å². The van der Waals surface area contributed by atoms with Gasteiger partial charge in [0.15, 0.2) is 0 Å². The van der Waals surface area contributed by atoms with Gasteiger partial charge in [-0.25, -0.2) is 4.39 Å². The van der Waals surface area contributed by atoms with E-state index in [2.05, 4.69) is 44.3 Å². The molecule has 1 N–H and O–H groups in total. The molecule has 1 fully saturated rings.